The Hall–Kier alpha value is -2.99. The third-order valence-corrected chi connectivity index (χ3v) is 11.9. The summed E-state index contributed by atoms with van der Waals surface area (Å²) in [7, 11) is -3.93. The van der Waals surface area contributed by atoms with Crippen molar-refractivity contribution in [2.75, 3.05) is 18.9 Å². The molecule has 4 aromatic carbocycles. The predicted molar refractivity (Wildman–Crippen MR) is 149 cm³/mol. The first-order valence-corrected chi connectivity index (χ1v) is 15.3. The SMILES string of the molecule is CCOC(=O)C(CP(c1ccccc1)c1ccccc1)CP(=O)(c1ccccc1)c1ccccc1. The van der Waals surface area contributed by atoms with Gasteiger partial charge in [0.2, 0.25) is 0 Å². The first-order valence-electron chi connectivity index (χ1n) is 11.9. The van der Waals surface area contributed by atoms with Gasteiger partial charge >= 0.3 is 5.97 Å². The maximum Gasteiger partial charge on any atom is 0.309 e. The first kappa shape index (κ1) is 25.1. The van der Waals surface area contributed by atoms with Gasteiger partial charge in [0.1, 0.15) is 7.14 Å². The van der Waals surface area contributed by atoms with Gasteiger partial charge in [0, 0.05) is 16.8 Å². The summed E-state index contributed by atoms with van der Waals surface area (Å²) < 4.78 is 20.3. The Morgan fingerprint density at radius 2 is 1.11 bits per heavy atom. The standard InChI is InChI=1S/C30H30O3P2/c1-2-33-30(31)25(23-34(26-15-7-3-8-16-26)27-17-9-4-10-18-27)24-35(32,28-19-11-5-12-20-28)29-21-13-6-14-22-29/h3-22,25H,2,23-24H2,1H3. The molecule has 0 saturated carbocycles. The van der Waals surface area contributed by atoms with E-state index in [4.69, 9.17) is 4.74 Å². The largest absolute Gasteiger partial charge is 0.466 e. The Bertz CT molecular complexity index is 1160. The molecule has 0 N–H and O–H groups in total. The molecule has 1 unspecified atom stereocenters. The maximum atomic E-state index is 14.8. The van der Waals surface area contributed by atoms with Gasteiger partial charge in [-0.1, -0.05) is 121 Å². The molecule has 0 spiro atoms. The van der Waals surface area contributed by atoms with Crippen molar-refractivity contribution in [3.05, 3.63) is 121 Å². The summed E-state index contributed by atoms with van der Waals surface area (Å²) in [6.07, 6.45) is 0.810. The molecule has 0 aliphatic rings. The summed E-state index contributed by atoms with van der Waals surface area (Å²) in [5, 5.41) is 3.92. The van der Waals surface area contributed by atoms with E-state index in [1.54, 1.807) is 0 Å². The molecule has 0 heterocycles. The molecule has 0 aromatic heterocycles. The van der Waals surface area contributed by atoms with Crippen LogP contribution in [-0.4, -0.2) is 24.9 Å². The molecule has 0 aliphatic heterocycles. The second-order valence-electron chi connectivity index (χ2n) is 8.32. The minimum absolute atomic E-state index is 0.234. The van der Waals surface area contributed by atoms with E-state index in [1.807, 2.05) is 104 Å². The molecular formula is C30H30O3P2. The smallest absolute Gasteiger partial charge is 0.309 e. The quantitative estimate of drug-likeness (QED) is 0.219. The van der Waals surface area contributed by atoms with Crippen LogP contribution in [-0.2, 0) is 14.1 Å². The highest BCUT2D eigenvalue weighted by atomic mass is 31.2. The van der Waals surface area contributed by atoms with E-state index < -0.39 is 21.0 Å². The first-order chi connectivity index (χ1) is 17.1. The van der Waals surface area contributed by atoms with Crippen LogP contribution in [0.1, 0.15) is 6.92 Å². The van der Waals surface area contributed by atoms with Crippen LogP contribution in [0.25, 0.3) is 0 Å². The molecule has 4 rings (SSSR count). The van der Waals surface area contributed by atoms with Gasteiger partial charge < -0.3 is 9.30 Å². The number of carbonyl (C=O) groups is 1. The topological polar surface area (TPSA) is 43.4 Å². The summed E-state index contributed by atoms with van der Waals surface area (Å²) in [5.74, 6) is -0.785. The second kappa shape index (κ2) is 12.1. The number of hydrogen-bond acceptors (Lipinski definition) is 3. The van der Waals surface area contributed by atoms with Crippen LogP contribution >= 0.6 is 15.1 Å². The number of hydrogen-bond donors (Lipinski definition) is 0. The maximum absolute atomic E-state index is 14.8. The zero-order valence-electron chi connectivity index (χ0n) is 19.9. The van der Waals surface area contributed by atoms with Crippen LogP contribution in [0.5, 0.6) is 0 Å². The minimum Gasteiger partial charge on any atom is -0.466 e. The highest BCUT2D eigenvalue weighted by molar-refractivity contribution is 7.78. The molecule has 5 heteroatoms. The summed E-state index contributed by atoms with van der Waals surface area (Å²) in [4.78, 5) is 13.3. The lowest BCUT2D eigenvalue weighted by molar-refractivity contribution is -0.146. The van der Waals surface area contributed by atoms with E-state index in [9.17, 15) is 9.36 Å². The van der Waals surface area contributed by atoms with Crippen LogP contribution in [0.4, 0.5) is 0 Å². The molecule has 0 aliphatic carbocycles. The molecule has 178 valence electrons. The van der Waals surface area contributed by atoms with Gasteiger partial charge in [-0.25, -0.2) is 0 Å². The fourth-order valence-corrected chi connectivity index (χ4v) is 9.90. The van der Waals surface area contributed by atoms with Gasteiger partial charge in [-0.05, 0) is 31.6 Å². The molecule has 35 heavy (non-hydrogen) atoms. The molecule has 0 radical (unpaired) electrons. The van der Waals surface area contributed by atoms with Gasteiger partial charge in [0.05, 0.1) is 12.5 Å². The molecule has 4 aromatic rings. The molecule has 0 amide bonds. The lowest BCUT2D eigenvalue weighted by atomic mass is 10.2. The van der Waals surface area contributed by atoms with Crippen molar-refractivity contribution in [2.24, 2.45) is 5.92 Å². The van der Waals surface area contributed by atoms with Crippen LogP contribution in [0.3, 0.4) is 0 Å². The van der Waals surface area contributed by atoms with E-state index in [2.05, 4.69) is 24.3 Å². The lowest BCUT2D eigenvalue weighted by Gasteiger charge is -2.28. The fourth-order valence-electron chi connectivity index (χ4n) is 4.27. The number of carbonyl (C=O) groups excluding carboxylic acids is 1. The van der Waals surface area contributed by atoms with Crippen molar-refractivity contribution in [1.82, 2.24) is 0 Å². The van der Waals surface area contributed by atoms with Gasteiger partial charge in [0.15, 0.2) is 0 Å². The van der Waals surface area contributed by atoms with E-state index >= 15 is 0 Å². The molecule has 0 saturated heterocycles. The monoisotopic (exact) mass is 500 g/mol. The van der Waals surface area contributed by atoms with Crippen LogP contribution in [0.2, 0.25) is 0 Å². The highest BCUT2D eigenvalue weighted by Crippen LogP contribution is 2.48. The minimum atomic E-state index is -3.09. The number of rotatable bonds is 10. The van der Waals surface area contributed by atoms with Gasteiger partial charge in [-0.2, -0.15) is 0 Å². The average molecular weight is 501 g/mol. The summed E-state index contributed by atoms with van der Waals surface area (Å²) in [6.45, 7) is 2.12. The normalized spacial score (nSPS) is 12.3. The second-order valence-corrected chi connectivity index (χ2v) is 13.5. The summed E-state index contributed by atoms with van der Waals surface area (Å²) >= 11 is 0. The third kappa shape index (κ3) is 6.17. The summed E-state index contributed by atoms with van der Waals surface area (Å²) in [5.41, 5.74) is 0. The Labute approximate surface area is 209 Å². The zero-order valence-corrected chi connectivity index (χ0v) is 21.7. The molecule has 3 nitrogen and oxygen atoms in total. The molecule has 0 fully saturated rings. The van der Waals surface area contributed by atoms with Gasteiger partial charge in [0.25, 0.3) is 0 Å². The zero-order chi connectivity index (χ0) is 24.5. The highest BCUT2D eigenvalue weighted by Gasteiger charge is 2.36. The van der Waals surface area contributed by atoms with Crippen molar-refractivity contribution in [3.63, 3.8) is 0 Å². The predicted octanol–water partition coefficient (Wildman–Crippen LogP) is 5.31. The fraction of sp³-hybridized carbons (Fsp3) is 0.167. The Morgan fingerprint density at radius 1 is 0.714 bits per heavy atom. The Kier molecular flexibility index (Phi) is 8.69. The Balaban J connectivity index is 1.77. The number of benzene rings is 4. The van der Waals surface area contributed by atoms with E-state index in [0.717, 1.165) is 10.6 Å². The summed E-state index contributed by atoms with van der Waals surface area (Å²) in [6, 6.07) is 39.7. The average Bonchev–Trinajstić information content (AvgIpc) is 2.93. The van der Waals surface area contributed by atoms with Gasteiger partial charge in [-0.15, -0.1) is 0 Å². The van der Waals surface area contributed by atoms with Crippen LogP contribution in [0, 0.1) is 5.92 Å². The van der Waals surface area contributed by atoms with Gasteiger partial charge in [-0.3, -0.25) is 4.79 Å². The van der Waals surface area contributed by atoms with Crippen molar-refractivity contribution in [1.29, 1.82) is 0 Å². The van der Waals surface area contributed by atoms with E-state index in [-0.39, 0.29) is 12.1 Å². The molecular weight excluding hydrogens is 470 g/mol. The van der Waals surface area contributed by atoms with Crippen molar-refractivity contribution in [2.45, 2.75) is 6.92 Å². The molecule has 0 bridgehead atoms. The van der Waals surface area contributed by atoms with Crippen LogP contribution in [0.15, 0.2) is 121 Å². The number of esters is 1. The van der Waals surface area contributed by atoms with Crippen LogP contribution < -0.4 is 21.2 Å². The van der Waals surface area contributed by atoms with Crippen molar-refractivity contribution >= 4 is 42.3 Å². The number of ether oxygens (including phenoxy) is 1. The van der Waals surface area contributed by atoms with E-state index in [0.29, 0.717) is 12.8 Å². The Morgan fingerprint density at radius 3 is 1.51 bits per heavy atom. The third-order valence-electron chi connectivity index (χ3n) is 5.98. The van der Waals surface area contributed by atoms with E-state index in [1.165, 1.54) is 10.6 Å². The van der Waals surface area contributed by atoms with Crippen molar-refractivity contribution < 1.29 is 14.1 Å². The molecule has 1 atom stereocenters. The lowest BCUT2D eigenvalue weighted by Crippen LogP contribution is -2.31. The van der Waals surface area contributed by atoms with Crippen molar-refractivity contribution in [3.8, 4) is 0 Å².